The van der Waals surface area contributed by atoms with Gasteiger partial charge in [-0.3, -0.25) is 4.72 Å². The fourth-order valence-electron chi connectivity index (χ4n) is 1.06. The van der Waals surface area contributed by atoms with E-state index in [1.165, 1.54) is 19.1 Å². The highest BCUT2D eigenvalue weighted by molar-refractivity contribution is 7.95. The van der Waals surface area contributed by atoms with Gasteiger partial charge in [-0.1, -0.05) is 18.3 Å². The molecule has 1 aromatic carbocycles. The Labute approximate surface area is 105 Å². The number of halogens is 1. The van der Waals surface area contributed by atoms with Crippen molar-refractivity contribution in [3.05, 3.63) is 29.6 Å². The van der Waals surface area contributed by atoms with Crippen molar-refractivity contribution in [3.8, 4) is 0 Å². The highest BCUT2D eigenvalue weighted by Gasteiger charge is 2.23. The molecule has 0 spiro atoms. The van der Waals surface area contributed by atoms with Crippen LogP contribution in [0, 0.1) is 12.7 Å². The number of anilines is 1. The van der Waals surface area contributed by atoms with Crippen LogP contribution in [0.2, 0.25) is 0 Å². The minimum absolute atomic E-state index is 0.134. The fraction of sp³-hybridized carbons (Fsp3) is 0.300. The summed E-state index contributed by atoms with van der Waals surface area (Å²) >= 11 is 4.61. The minimum Gasteiger partial charge on any atom is -0.392 e. The molecule has 7 heteroatoms. The summed E-state index contributed by atoms with van der Waals surface area (Å²) in [4.78, 5) is -0.134. The Hall–Kier alpha value is -1.21. The number of benzene rings is 1. The average Bonchev–Trinajstić information content (AvgIpc) is 2.22. The van der Waals surface area contributed by atoms with E-state index in [1.54, 1.807) is 6.92 Å². The lowest BCUT2D eigenvalue weighted by atomic mass is 10.2. The smallest absolute Gasteiger partial charge is 0.241 e. The molecule has 0 amide bonds. The van der Waals surface area contributed by atoms with E-state index in [4.69, 9.17) is 5.73 Å². The van der Waals surface area contributed by atoms with E-state index in [0.717, 1.165) is 6.07 Å². The van der Waals surface area contributed by atoms with Crippen molar-refractivity contribution >= 4 is 32.9 Å². The van der Waals surface area contributed by atoms with Gasteiger partial charge in [0.1, 0.15) is 11.1 Å². The molecule has 1 rings (SSSR count). The van der Waals surface area contributed by atoms with Gasteiger partial charge in [0.25, 0.3) is 0 Å². The Bertz CT molecular complexity index is 543. The maximum atomic E-state index is 13.2. The molecule has 17 heavy (non-hydrogen) atoms. The van der Waals surface area contributed by atoms with E-state index in [2.05, 4.69) is 16.9 Å². The van der Waals surface area contributed by atoms with E-state index < -0.39 is 21.1 Å². The Kier molecular flexibility index (Phi) is 4.05. The van der Waals surface area contributed by atoms with E-state index in [1.807, 2.05) is 0 Å². The van der Waals surface area contributed by atoms with Crippen molar-refractivity contribution in [1.82, 2.24) is 0 Å². The predicted molar refractivity (Wildman–Crippen MR) is 69.9 cm³/mol. The number of hydrogen-bond donors (Lipinski definition) is 2. The minimum atomic E-state index is -3.73. The monoisotopic (exact) mass is 276 g/mol. The van der Waals surface area contributed by atoms with Gasteiger partial charge in [0.2, 0.25) is 10.0 Å². The zero-order valence-electron chi connectivity index (χ0n) is 9.40. The lowest BCUT2D eigenvalue weighted by Gasteiger charge is -2.13. The molecule has 0 bridgehead atoms. The molecule has 3 N–H and O–H groups in total. The molecule has 0 heterocycles. The van der Waals surface area contributed by atoms with Crippen LogP contribution in [0.5, 0.6) is 0 Å². The normalized spacial score (nSPS) is 13.1. The standard InChI is InChI=1S/C10H13FN2O2S2/c1-6-3-4-8(5-9(6)11)13-17(14,15)7(2)10(12)16/h3-5,7,13H,1-2H3,(H2,12,16). The van der Waals surface area contributed by atoms with Crippen molar-refractivity contribution in [3.63, 3.8) is 0 Å². The second-order valence-corrected chi connectivity index (χ2v) is 6.13. The molecule has 4 nitrogen and oxygen atoms in total. The summed E-state index contributed by atoms with van der Waals surface area (Å²) in [5.74, 6) is -0.479. The van der Waals surface area contributed by atoms with Crippen LogP contribution in [0.15, 0.2) is 18.2 Å². The SMILES string of the molecule is Cc1ccc(NS(=O)(=O)C(C)C(N)=S)cc1F. The van der Waals surface area contributed by atoms with Gasteiger partial charge < -0.3 is 5.73 Å². The molecule has 0 aromatic heterocycles. The van der Waals surface area contributed by atoms with Gasteiger partial charge in [-0.05, 0) is 31.5 Å². The van der Waals surface area contributed by atoms with Crippen LogP contribution in [0.1, 0.15) is 12.5 Å². The average molecular weight is 276 g/mol. The van der Waals surface area contributed by atoms with Crippen molar-refractivity contribution in [1.29, 1.82) is 0 Å². The van der Waals surface area contributed by atoms with Crippen LogP contribution in [-0.4, -0.2) is 18.7 Å². The highest BCUT2D eigenvalue weighted by Crippen LogP contribution is 2.16. The number of hydrogen-bond acceptors (Lipinski definition) is 3. The first-order valence-corrected chi connectivity index (χ1v) is 6.76. The molecule has 1 aromatic rings. The lowest BCUT2D eigenvalue weighted by Crippen LogP contribution is -2.35. The molecule has 0 fully saturated rings. The molecular formula is C10H13FN2O2S2. The van der Waals surface area contributed by atoms with E-state index >= 15 is 0 Å². The summed E-state index contributed by atoms with van der Waals surface area (Å²) < 4.78 is 38.9. The van der Waals surface area contributed by atoms with Crippen molar-refractivity contribution in [2.24, 2.45) is 5.73 Å². The number of rotatable bonds is 4. The first kappa shape index (κ1) is 13.9. The van der Waals surface area contributed by atoms with Crippen LogP contribution in [-0.2, 0) is 10.0 Å². The summed E-state index contributed by atoms with van der Waals surface area (Å²) in [6.45, 7) is 2.96. The fourth-order valence-corrected chi connectivity index (χ4v) is 2.38. The highest BCUT2D eigenvalue weighted by atomic mass is 32.2. The van der Waals surface area contributed by atoms with E-state index in [-0.39, 0.29) is 10.7 Å². The largest absolute Gasteiger partial charge is 0.392 e. The van der Waals surface area contributed by atoms with Gasteiger partial charge in [0, 0.05) is 0 Å². The number of aryl methyl sites for hydroxylation is 1. The Morgan fingerprint density at radius 3 is 2.59 bits per heavy atom. The third kappa shape index (κ3) is 3.37. The molecule has 0 radical (unpaired) electrons. The zero-order valence-corrected chi connectivity index (χ0v) is 11.0. The molecule has 94 valence electrons. The summed E-state index contributed by atoms with van der Waals surface area (Å²) in [6.07, 6.45) is 0. The van der Waals surface area contributed by atoms with Crippen LogP contribution in [0.25, 0.3) is 0 Å². The van der Waals surface area contributed by atoms with Crippen LogP contribution in [0.4, 0.5) is 10.1 Å². The summed E-state index contributed by atoms with van der Waals surface area (Å²) in [5.41, 5.74) is 5.86. The van der Waals surface area contributed by atoms with Crippen LogP contribution < -0.4 is 10.5 Å². The van der Waals surface area contributed by atoms with Crippen molar-refractivity contribution < 1.29 is 12.8 Å². The quantitative estimate of drug-likeness (QED) is 0.818. The molecular weight excluding hydrogens is 263 g/mol. The summed E-state index contributed by atoms with van der Waals surface area (Å²) in [5, 5.41) is -1.01. The van der Waals surface area contributed by atoms with Crippen LogP contribution >= 0.6 is 12.2 Å². The first-order valence-electron chi connectivity index (χ1n) is 4.81. The Morgan fingerprint density at radius 2 is 2.12 bits per heavy atom. The van der Waals surface area contributed by atoms with Crippen LogP contribution in [0.3, 0.4) is 0 Å². The van der Waals surface area contributed by atoms with Gasteiger partial charge in [0.15, 0.2) is 0 Å². The lowest BCUT2D eigenvalue weighted by molar-refractivity contribution is 0.598. The third-order valence-electron chi connectivity index (χ3n) is 2.30. The second-order valence-electron chi connectivity index (χ2n) is 3.66. The number of nitrogens with two attached hydrogens (primary N) is 1. The maximum absolute atomic E-state index is 13.2. The molecule has 1 atom stereocenters. The zero-order chi connectivity index (χ0) is 13.2. The second kappa shape index (κ2) is 4.97. The third-order valence-corrected chi connectivity index (χ3v) is 4.51. The molecule has 1 unspecified atom stereocenters. The molecule has 0 aliphatic carbocycles. The molecule has 0 aliphatic rings. The molecule has 0 saturated heterocycles. The molecule has 0 saturated carbocycles. The summed E-state index contributed by atoms with van der Waals surface area (Å²) in [6, 6.07) is 4.07. The maximum Gasteiger partial charge on any atom is 0.241 e. The van der Waals surface area contributed by atoms with Crippen molar-refractivity contribution in [2.45, 2.75) is 19.1 Å². The molecule has 0 aliphatic heterocycles. The number of nitrogens with one attached hydrogen (secondary N) is 1. The Morgan fingerprint density at radius 1 is 1.53 bits per heavy atom. The topological polar surface area (TPSA) is 72.2 Å². The van der Waals surface area contributed by atoms with Gasteiger partial charge >= 0.3 is 0 Å². The summed E-state index contributed by atoms with van der Waals surface area (Å²) in [7, 11) is -3.73. The van der Waals surface area contributed by atoms with Gasteiger partial charge in [-0.15, -0.1) is 0 Å². The van der Waals surface area contributed by atoms with E-state index in [0.29, 0.717) is 5.56 Å². The number of sulfonamides is 1. The predicted octanol–water partition coefficient (Wildman–Crippen LogP) is 1.55. The van der Waals surface area contributed by atoms with Gasteiger partial charge in [0.05, 0.1) is 10.7 Å². The van der Waals surface area contributed by atoms with Crippen molar-refractivity contribution in [2.75, 3.05) is 4.72 Å². The van der Waals surface area contributed by atoms with Gasteiger partial charge in [-0.25, -0.2) is 12.8 Å². The van der Waals surface area contributed by atoms with Gasteiger partial charge in [-0.2, -0.15) is 0 Å². The Balaban J connectivity index is 2.98. The number of thiocarbonyl (C=S) groups is 1. The first-order chi connectivity index (χ1) is 7.74. The van der Waals surface area contributed by atoms with E-state index in [9.17, 15) is 12.8 Å².